The highest BCUT2D eigenvalue weighted by Crippen LogP contribution is 2.70. The molecule has 0 aliphatic heterocycles. The van der Waals surface area contributed by atoms with Gasteiger partial charge in [-0.2, -0.15) is 0 Å². The summed E-state index contributed by atoms with van der Waals surface area (Å²) in [5, 5.41) is 9.76. The van der Waals surface area contributed by atoms with Gasteiger partial charge in [0.05, 0.1) is 0 Å². The van der Waals surface area contributed by atoms with Crippen LogP contribution in [0.4, 0.5) is 8.78 Å². The maximum atomic E-state index is 16.9. The van der Waals surface area contributed by atoms with Crippen LogP contribution in [0.5, 0.6) is 0 Å². The molecule has 4 aliphatic rings. The van der Waals surface area contributed by atoms with Crippen molar-refractivity contribution in [3.63, 3.8) is 0 Å². The molecule has 0 heterocycles. The number of fused-ring (bicyclic) bond motifs is 5. The minimum atomic E-state index is -1.47. The van der Waals surface area contributed by atoms with Crippen molar-refractivity contribution in [2.75, 3.05) is 13.3 Å². The van der Waals surface area contributed by atoms with E-state index in [0.717, 1.165) is 5.57 Å². The van der Waals surface area contributed by atoms with Crippen LogP contribution in [-0.2, 0) is 9.59 Å². The molecular weight excluding hydrogens is 374 g/mol. The number of aliphatic hydroxyl groups is 1. The van der Waals surface area contributed by atoms with Crippen LogP contribution in [0.25, 0.3) is 0 Å². The molecule has 5 heteroatoms. The van der Waals surface area contributed by atoms with Crippen LogP contribution >= 0.6 is 0 Å². The van der Waals surface area contributed by atoms with Crippen molar-refractivity contribution in [1.82, 2.24) is 0 Å². The Morgan fingerprint density at radius 3 is 2.69 bits per heavy atom. The quantitative estimate of drug-likeness (QED) is 0.753. The van der Waals surface area contributed by atoms with E-state index in [-0.39, 0.29) is 36.1 Å². The van der Waals surface area contributed by atoms with E-state index in [1.165, 1.54) is 6.08 Å². The number of rotatable bonds is 4. The lowest BCUT2D eigenvalue weighted by atomic mass is 9.46. The standard InChI is InChI=1S/C24H32F2O3/c1-14(13-27)17-11-19-18-5-4-15-10-16(28)6-7-23(15,3)24(18,26)9-8-22(19,2)21(17)20(29)12-25/h6-7,10,14,17-19,21,27H,4-5,8-9,11-13H2,1-3H3/t14?,17-,18+,19+,21-,22+,23+,24-/m1/s1. The van der Waals surface area contributed by atoms with Gasteiger partial charge in [-0.1, -0.05) is 25.5 Å². The van der Waals surface area contributed by atoms with Crippen LogP contribution in [0, 0.1) is 40.4 Å². The molecule has 0 bridgehead atoms. The lowest BCUT2D eigenvalue weighted by Gasteiger charge is -2.60. The fourth-order valence-electron chi connectivity index (χ4n) is 7.57. The molecule has 3 fully saturated rings. The second kappa shape index (κ2) is 6.83. The number of ketones is 2. The summed E-state index contributed by atoms with van der Waals surface area (Å²) < 4.78 is 30.4. The molecule has 0 aromatic rings. The number of carbonyl (C=O) groups is 2. The second-order valence-electron chi connectivity index (χ2n) is 10.4. The molecule has 29 heavy (non-hydrogen) atoms. The van der Waals surface area contributed by atoms with E-state index >= 15 is 4.39 Å². The Morgan fingerprint density at radius 1 is 1.31 bits per heavy atom. The molecule has 3 saturated carbocycles. The average molecular weight is 407 g/mol. The highest BCUT2D eigenvalue weighted by molar-refractivity contribution is 6.01. The third kappa shape index (κ3) is 2.68. The smallest absolute Gasteiger partial charge is 0.178 e. The van der Waals surface area contributed by atoms with Crippen molar-refractivity contribution in [2.45, 2.75) is 58.5 Å². The Bertz CT molecular complexity index is 789. The minimum absolute atomic E-state index is 0.0230. The lowest BCUT2D eigenvalue weighted by molar-refractivity contribution is -0.144. The van der Waals surface area contributed by atoms with Gasteiger partial charge in [-0.3, -0.25) is 9.59 Å². The molecule has 0 aromatic carbocycles. The maximum absolute atomic E-state index is 16.9. The van der Waals surface area contributed by atoms with Gasteiger partial charge in [0, 0.05) is 17.9 Å². The molecule has 0 radical (unpaired) electrons. The van der Waals surface area contributed by atoms with E-state index in [9.17, 15) is 19.1 Å². The molecule has 1 unspecified atom stereocenters. The lowest BCUT2D eigenvalue weighted by Crippen LogP contribution is -2.60. The van der Waals surface area contributed by atoms with Gasteiger partial charge in [-0.05, 0) is 80.3 Å². The van der Waals surface area contributed by atoms with Gasteiger partial charge < -0.3 is 5.11 Å². The van der Waals surface area contributed by atoms with Crippen molar-refractivity contribution in [2.24, 2.45) is 40.4 Å². The van der Waals surface area contributed by atoms with E-state index in [0.29, 0.717) is 32.1 Å². The highest BCUT2D eigenvalue weighted by Gasteiger charge is 2.68. The van der Waals surface area contributed by atoms with Crippen LogP contribution in [0.3, 0.4) is 0 Å². The summed E-state index contributed by atoms with van der Waals surface area (Å²) in [6.45, 7) is 4.81. The van der Waals surface area contributed by atoms with Gasteiger partial charge >= 0.3 is 0 Å². The molecule has 8 atom stereocenters. The number of allylic oxidation sites excluding steroid dienone is 4. The first-order chi connectivity index (χ1) is 13.6. The number of Topliss-reactive ketones (excluding diaryl/α,β-unsaturated/α-hetero) is 1. The second-order valence-corrected chi connectivity index (χ2v) is 10.4. The normalized spacial score (nSPS) is 47.1. The van der Waals surface area contributed by atoms with Crippen molar-refractivity contribution < 1.29 is 23.5 Å². The number of carbonyl (C=O) groups excluding carboxylic acids is 2. The summed E-state index contributed by atoms with van der Waals surface area (Å²) in [7, 11) is 0. The van der Waals surface area contributed by atoms with Crippen molar-refractivity contribution in [1.29, 1.82) is 0 Å². The first-order valence-corrected chi connectivity index (χ1v) is 10.9. The van der Waals surface area contributed by atoms with E-state index in [4.69, 9.17) is 0 Å². The molecule has 0 saturated heterocycles. The summed E-state index contributed by atoms with van der Waals surface area (Å²) >= 11 is 0. The van der Waals surface area contributed by atoms with Gasteiger partial charge in [-0.25, -0.2) is 8.78 Å². The summed E-state index contributed by atoms with van der Waals surface area (Å²) in [5.74, 6) is -1.42. The first kappa shape index (κ1) is 20.9. The monoisotopic (exact) mass is 406 g/mol. The molecule has 3 nitrogen and oxygen atoms in total. The van der Waals surface area contributed by atoms with Gasteiger partial charge in [0.1, 0.15) is 12.3 Å². The Hall–Kier alpha value is -1.36. The SMILES string of the molecule is CC(CO)[C@H]1C[C@H]2[C@@H]3CCC4=CC(=O)C=C[C@]4(C)[C@@]3(F)CC[C@]2(C)[C@H]1C(=O)CF. The summed E-state index contributed by atoms with van der Waals surface area (Å²) in [6.07, 6.45) is 7.67. The highest BCUT2D eigenvalue weighted by atomic mass is 19.1. The molecule has 0 amide bonds. The van der Waals surface area contributed by atoms with Gasteiger partial charge in [0.2, 0.25) is 0 Å². The maximum Gasteiger partial charge on any atom is 0.178 e. The zero-order chi connectivity index (χ0) is 21.2. The molecule has 1 N–H and O–H groups in total. The average Bonchev–Trinajstić information content (AvgIpc) is 3.01. The zero-order valence-electron chi connectivity index (χ0n) is 17.6. The Kier molecular flexibility index (Phi) is 4.92. The van der Waals surface area contributed by atoms with Crippen LogP contribution in [0.2, 0.25) is 0 Å². The largest absolute Gasteiger partial charge is 0.396 e. The van der Waals surface area contributed by atoms with Crippen molar-refractivity contribution in [3.8, 4) is 0 Å². The van der Waals surface area contributed by atoms with Crippen LogP contribution in [-0.4, -0.2) is 35.6 Å². The first-order valence-electron chi connectivity index (χ1n) is 10.9. The molecule has 4 rings (SSSR count). The predicted octanol–water partition coefficient (Wildman–Crippen LogP) is 4.40. The number of alkyl halides is 2. The topological polar surface area (TPSA) is 54.4 Å². The molecule has 0 spiro atoms. The Labute approximate surface area is 171 Å². The van der Waals surface area contributed by atoms with Gasteiger partial charge in [-0.15, -0.1) is 0 Å². The number of aliphatic hydroxyl groups excluding tert-OH is 1. The van der Waals surface area contributed by atoms with Crippen LogP contribution < -0.4 is 0 Å². The number of hydrogen-bond acceptors (Lipinski definition) is 3. The van der Waals surface area contributed by atoms with E-state index in [1.807, 2.05) is 20.8 Å². The van der Waals surface area contributed by atoms with Gasteiger partial charge in [0.25, 0.3) is 0 Å². The van der Waals surface area contributed by atoms with E-state index in [1.54, 1.807) is 12.2 Å². The van der Waals surface area contributed by atoms with Crippen molar-refractivity contribution in [3.05, 3.63) is 23.8 Å². The summed E-state index contributed by atoms with van der Waals surface area (Å²) in [6, 6.07) is 0. The van der Waals surface area contributed by atoms with E-state index < -0.39 is 34.9 Å². The predicted molar refractivity (Wildman–Crippen MR) is 107 cm³/mol. The summed E-state index contributed by atoms with van der Waals surface area (Å²) in [5.41, 5.74) is -1.84. The van der Waals surface area contributed by atoms with Crippen LogP contribution in [0.15, 0.2) is 23.8 Å². The fourth-order valence-corrected chi connectivity index (χ4v) is 7.57. The Morgan fingerprint density at radius 2 is 2.03 bits per heavy atom. The third-order valence-corrected chi connectivity index (χ3v) is 9.26. The minimum Gasteiger partial charge on any atom is -0.396 e. The Balaban J connectivity index is 1.76. The molecule has 4 aliphatic carbocycles. The molecule has 160 valence electrons. The number of hydrogen-bond donors (Lipinski definition) is 1. The fraction of sp³-hybridized carbons (Fsp3) is 0.750. The third-order valence-electron chi connectivity index (χ3n) is 9.26. The molecular formula is C24H32F2O3. The zero-order valence-corrected chi connectivity index (χ0v) is 17.6. The summed E-state index contributed by atoms with van der Waals surface area (Å²) in [4.78, 5) is 24.5. The van der Waals surface area contributed by atoms with Crippen LogP contribution in [0.1, 0.15) is 52.9 Å². The van der Waals surface area contributed by atoms with Crippen molar-refractivity contribution >= 4 is 11.6 Å². The van der Waals surface area contributed by atoms with E-state index in [2.05, 4.69) is 0 Å². The molecule has 0 aromatic heterocycles. The van der Waals surface area contributed by atoms with Gasteiger partial charge in [0.15, 0.2) is 11.6 Å². The number of halogens is 2.